The molecule has 4 rings (SSSR count). The monoisotopic (exact) mass is 779 g/mol. The quantitative estimate of drug-likeness (QED) is 0.113. The predicted octanol–water partition coefficient (Wildman–Crippen LogP) is 0.879. The molecule has 0 aliphatic carbocycles. The topological polar surface area (TPSA) is 199 Å². The molecule has 3 saturated heterocycles. The first-order chi connectivity index (χ1) is 25.8. The van der Waals surface area contributed by atoms with Gasteiger partial charge in [-0.15, -0.1) is 5.10 Å². The minimum atomic E-state index is -1.89. The van der Waals surface area contributed by atoms with Crippen LogP contribution in [0, 0.1) is 23.7 Å². The molecule has 4 N–H and O–H groups in total. The number of hydrogen-bond donors (Lipinski definition) is 4. The lowest BCUT2D eigenvalue weighted by molar-refractivity contribution is -0.295. The molecule has 3 aliphatic rings. The summed E-state index contributed by atoms with van der Waals surface area (Å²) in [6.45, 7) is 15.9. The van der Waals surface area contributed by atoms with E-state index in [1.54, 1.807) is 25.4 Å². The van der Waals surface area contributed by atoms with Crippen LogP contribution in [-0.2, 0) is 39.8 Å². The number of ether oxygens (including phenoxy) is 4. The van der Waals surface area contributed by atoms with E-state index in [1.807, 2.05) is 42.0 Å². The Balaban J connectivity index is 1.72. The van der Waals surface area contributed by atoms with Crippen LogP contribution in [0.1, 0.15) is 93.2 Å². The Morgan fingerprint density at radius 3 is 2.47 bits per heavy atom. The van der Waals surface area contributed by atoms with Crippen molar-refractivity contribution in [3.8, 4) is 0 Å². The van der Waals surface area contributed by atoms with Gasteiger partial charge in [0.1, 0.15) is 29.8 Å². The van der Waals surface area contributed by atoms with Gasteiger partial charge in [0.15, 0.2) is 12.1 Å². The van der Waals surface area contributed by atoms with Crippen LogP contribution in [0.25, 0.3) is 0 Å². The van der Waals surface area contributed by atoms with Gasteiger partial charge >= 0.3 is 5.97 Å². The van der Waals surface area contributed by atoms with E-state index in [2.05, 4.69) is 25.7 Å². The number of carbonyl (C=O) groups excluding carboxylic acids is 2. The molecule has 0 aromatic carbocycles. The third kappa shape index (κ3) is 10.7. The van der Waals surface area contributed by atoms with E-state index < -0.39 is 77.3 Å². The standard InChI is InChI=1S/C38H67BN6O10/c1-11-29-38(8,50)33(48)23(4)30(42-55-27-13-12-15-40-19-27)21(2)18-37(7,51-10)34(24(5)31(46)25(6)35(49)53-29)54-36-32(47)28(17-22(3)52-36)44(9)16-14-26-20-45(39)43-41-26/h20-25,27-29,32-34,36,40,47-48,50H,11-19,39H2,1-10H3/b42-30+/t21-,22-,23+,24+,25-,27-,28+,29-,32-,33-,34?,36+,37-,38-/m1/s1. The highest BCUT2D eigenvalue weighted by Crippen LogP contribution is 2.39. The fourth-order valence-electron chi connectivity index (χ4n) is 8.55. The van der Waals surface area contributed by atoms with Crippen molar-refractivity contribution >= 4 is 25.4 Å². The highest BCUT2D eigenvalue weighted by Gasteiger charge is 2.52. The summed E-state index contributed by atoms with van der Waals surface area (Å²) in [7, 11) is 5.28. The van der Waals surface area contributed by atoms with Crippen molar-refractivity contribution in [3.63, 3.8) is 0 Å². The van der Waals surface area contributed by atoms with E-state index in [0.717, 1.165) is 25.1 Å². The average molecular weight is 779 g/mol. The summed E-state index contributed by atoms with van der Waals surface area (Å²) in [5, 5.41) is 51.6. The number of nitrogens with one attached hydrogen (secondary N) is 1. The number of aliphatic hydroxyl groups excluding tert-OH is 2. The molecule has 0 amide bonds. The van der Waals surface area contributed by atoms with Crippen LogP contribution < -0.4 is 5.32 Å². The van der Waals surface area contributed by atoms with E-state index in [0.29, 0.717) is 31.6 Å². The van der Waals surface area contributed by atoms with Gasteiger partial charge in [-0.2, -0.15) is 0 Å². The van der Waals surface area contributed by atoms with Crippen molar-refractivity contribution < 1.29 is 48.7 Å². The van der Waals surface area contributed by atoms with Crippen LogP contribution in [0.15, 0.2) is 11.4 Å². The molecule has 14 atom stereocenters. The number of aromatic nitrogens is 3. The van der Waals surface area contributed by atoms with Crippen molar-refractivity contribution in [3.05, 3.63) is 11.9 Å². The minimum Gasteiger partial charge on any atom is -0.459 e. The molecule has 3 fully saturated rings. The van der Waals surface area contributed by atoms with Crippen LogP contribution in [0.3, 0.4) is 0 Å². The fourth-order valence-corrected chi connectivity index (χ4v) is 8.55. The minimum absolute atomic E-state index is 0.182. The highest BCUT2D eigenvalue weighted by molar-refractivity contribution is 6.05. The molecule has 55 heavy (non-hydrogen) atoms. The largest absolute Gasteiger partial charge is 0.459 e. The molecule has 1 aromatic rings. The number of hydrogen-bond acceptors (Lipinski definition) is 15. The first kappa shape index (κ1) is 45.2. The average Bonchev–Trinajstić information content (AvgIpc) is 3.59. The summed E-state index contributed by atoms with van der Waals surface area (Å²) in [5.74, 6) is -4.68. The molecular formula is C38H67BN6O10. The summed E-state index contributed by atoms with van der Waals surface area (Å²) in [6.07, 6.45) is -1.13. The number of nitrogens with zero attached hydrogens (tertiary/aromatic N) is 5. The van der Waals surface area contributed by atoms with Crippen molar-refractivity contribution in [1.29, 1.82) is 0 Å². The number of esters is 1. The maximum absolute atomic E-state index is 14.3. The van der Waals surface area contributed by atoms with Gasteiger partial charge in [0.25, 0.3) is 7.98 Å². The lowest BCUT2D eigenvalue weighted by atomic mass is 9.74. The van der Waals surface area contributed by atoms with Gasteiger partial charge in [-0.1, -0.05) is 38.1 Å². The summed E-state index contributed by atoms with van der Waals surface area (Å²) in [5.41, 5.74) is -1.82. The lowest BCUT2D eigenvalue weighted by Gasteiger charge is -2.47. The summed E-state index contributed by atoms with van der Waals surface area (Å²) in [4.78, 5) is 36.1. The highest BCUT2D eigenvalue weighted by atomic mass is 16.7. The van der Waals surface area contributed by atoms with Gasteiger partial charge in [0.2, 0.25) is 0 Å². The predicted molar refractivity (Wildman–Crippen MR) is 207 cm³/mol. The van der Waals surface area contributed by atoms with E-state index in [-0.39, 0.29) is 31.1 Å². The Morgan fingerprint density at radius 1 is 1.16 bits per heavy atom. The number of methoxy groups -OCH3 is 1. The summed E-state index contributed by atoms with van der Waals surface area (Å²) < 4.78 is 26.8. The van der Waals surface area contributed by atoms with E-state index in [1.165, 1.54) is 21.0 Å². The molecule has 0 spiro atoms. The second kappa shape index (κ2) is 19.3. The van der Waals surface area contributed by atoms with Gasteiger partial charge in [-0.05, 0) is 73.4 Å². The molecule has 17 heteroatoms. The Bertz CT molecular complexity index is 1440. The van der Waals surface area contributed by atoms with Crippen LogP contribution in [0.2, 0.25) is 0 Å². The Hall–Kier alpha value is -2.51. The zero-order valence-corrected chi connectivity index (χ0v) is 34.8. The third-order valence-corrected chi connectivity index (χ3v) is 12.2. The van der Waals surface area contributed by atoms with Crippen LogP contribution in [0.4, 0.5) is 0 Å². The molecule has 16 nitrogen and oxygen atoms in total. The number of oxime groups is 1. The lowest BCUT2D eigenvalue weighted by Crippen LogP contribution is -2.60. The van der Waals surface area contributed by atoms with Gasteiger partial charge in [-0.3, -0.25) is 9.59 Å². The molecule has 0 bridgehead atoms. The first-order valence-electron chi connectivity index (χ1n) is 20.0. The summed E-state index contributed by atoms with van der Waals surface area (Å²) in [6, 6.07) is -0.345. The Morgan fingerprint density at radius 2 is 1.87 bits per heavy atom. The maximum atomic E-state index is 14.3. The fraction of sp³-hybridized carbons (Fsp3) is 0.868. The van der Waals surface area contributed by atoms with E-state index >= 15 is 0 Å². The number of rotatable bonds is 10. The second-order valence-corrected chi connectivity index (χ2v) is 16.7. The molecule has 3 aliphatic heterocycles. The molecule has 4 heterocycles. The van der Waals surface area contributed by atoms with Crippen LogP contribution in [0.5, 0.6) is 0 Å². The van der Waals surface area contributed by atoms with Gasteiger partial charge < -0.3 is 53.9 Å². The van der Waals surface area contributed by atoms with Crippen molar-refractivity contribution in [2.75, 3.05) is 33.8 Å². The first-order valence-corrected chi connectivity index (χ1v) is 20.0. The number of likely N-dealkylation sites (N-methyl/N-ethyl adjacent to an activating group) is 1. The number of Topliss-reactive ketones (excluding diaryl/α,β-unsaturated/α-hetero) is 1. The normalized spacial score (nSPS) is 40.9. The second-order valence-electron chi connectivity index (χ2n) is 16.7. The molecule has 312 valence electrons. The zero-order chi connectivity index (χ0) is 40.8. The number of aliphatic hydroxyl groups is 3. The van der Waals surface area contributed by atoms with Gasteiger partial charge in [-0.25, -0.2) is 0 Å². The molecule has 1 unspecified atom stereocenters. The molecule has 0 saturated carbocycles. The van der Waals surface area contributed by atoms with Gasteiger partial charge in [0, 0.05) is 56.6 Å². The van der Waals surface area contributed by atoms with Crippen LogP contribution in [-0.4, -0.2) is 155 Å². The Kier molecular flexibility index (Phi) is 15.9. The zero-order valence-electron chi connectivity index (χ0n) is 34.8. The smallest absolute Gasteiger partial charge is 0.316 e. The number of ketones is 1. The molecular weight excluding hydrogens is 711 g/mol. The SMILES string of the molecule is Bn1cc(CCN(C)[C@H]2C[C@@H](C)O[C@@H](OC3[C@@H](C)C(=O)[C@@H](C)C(=O)O[C@H](CC)[C@@](C)(O)[C@H](O)[C@@H](C)/C(=N/O[C@@H]4CCCNC4)[C@H](C)C[C@@]3(C)OC)[C@@H]2O)nn1. The van der Waals surface area contributed by atoms with Crippen molar-refractivity contribution in [2.45, 2.75) is 154 Å². The number of cyclic esters (lactones) is 1. The van der Waals surface area contributed by atoms with Gasteiger partial charge in [0.05, 0.1) is 35.3 Å². The summed E-state index contributed by atoms with van der Waals surface area (Å²) >= 11 is 0. The number of piperidine rings is 1. The van der Waals surface area contributed by atoms with Crippen molar-refractivity contribution in [2.24, 2.45) is 28.8 Å². The van der Waals surface area contributed by atoms with E-state index in [4.69, 9.17) is 23.8 Å². The Labute approximate surface area is 327 Å². The van der Waals surface area contributed by atoms with Crippen molar-refractivity contribution in [1.82, 2.24) is 25.1 Å². The van der Waals surface area contributed by atoms with Crippen LogP contribution >= 0.6 is 0 Å². The number of carbonyl (C=O) groups is 2. The molecule has 1 aromatic heterocycles. The molecule has 0 radical (unpaired) electrons. The maximum Gasteiger partial charge on any atom is 0.316 e. The third-order valence-electron chi connectivity index (χ3n) is 12.2. The van der Waals surface area contributed by atoms with E-state index in [9.17, 15) is 24.9 Å².